The van der Waals surface area contributed by atoms with Crippen molar-refractivity contribution in [1.82, 2.24) is 0 Å². The maximum Gasteiger partial charge on any atom is 0.239 e. The normalized spacial score (nSPS) is 37.3. The van der Waals surface area contributed by atoms with Crippen molar-refractivity contribution in [3.63, 3.8) is 0 Å². The molecule has 1 aromatic heterocycles. The number of hydrogen-bond donors (Lipinski definition) is 13. The van der Waals surface area contributed by atoms with Gasteiger partial charge in [0.15, 0.2) is 29.7 Å². The van der Waals surface area contributed by atoms with Crippen LogP contribution in [0.1, 0.15) is 6.92 Å². The van der Waals surface area contributed by atoms with Crippen LogP contribution in [0.4, 0.5) is 0 Å². The standard InChI is InChI=1S/C33H40O21/c1-9-19(39)25(45)30(54-32-27(47)24(44)21(41)17(8-35)52-32)33(48-9)53-29-22(42)18-14(38)5-11(49-31-26(46)23(43)20(40)16(7-34)51-31)6-15(18)50-28(29)10-2-3-12(36)13(37)4-10/h2-6,9,16-17,19-21,23-27,30-41,43-47H,7-8H2,1H3/t9-,16-,17+,19+,20-,21-,23-,24+,25-,26+,27-,30+,31-,32+,33-/m0/s1. The topological polar surface area (TPSA) is 349 Å². The minimum atomic E-state index is -1.97. The highest BCUT2D eigenvalue weighted by Crippen LogP contribution is 2.41. The Morgan fingerprint density at radius 2 is 1.24 bits per heavy atom. The average Bonchev–Trinajstić information content (AvgIpc) is 3.14. The second kappa shape index (κ2) is 15.7. The molecule has 6 rings (SSSR count). The highest BCUT2D eigenvalue weighted by molar-refractivity contribution is 5.88. The van der Waals surface area contributed by atoms with Crippen LogP contribution in [-0.2, 0) is 18.9 Å². The Bertz CT molecular complexity index is 1850. The molecule has 0 radical (unpaired) electrons. The second-order valence-corrected chi connectivity index (χ2v) is 13.0. The molecule has 3 aliphatic rings. The Hall–Kier alpha value is -3.91. The van der Waals surface area contributed by atoms with E-state index in [4.69, 9.17) is 32.8 Å². The fourth-order valence-corrected chi connectivity index (χ4v) is 6.28. The predicted octanol–water partition coefficient (Wildman–Crippen LogP) is -4.21. The summed E-state index contributed by atoms with van der Waals surface area (Å²) in [4.78, 5) is 14.2. The number of hydrogen-bond acceptors (Lipinski definition) is 21. The molecule has 54 heavy (non-hydrogen) atoms. The second-order valence-electron chi connectivity index (χ2n) is 13.0. The van der Waals surface area contributed by atoms with Crippen LogP contribution in [0.2, 0.25) is 0 Å². The van der Waals surface area contributed by atoms with Crippen molar-refractivity contribution in [3.8, 4) is 40.1 Å². The van der Waals surface area contributed by atoms with E-state index in [9.17, 15) is 71.2 Å². The number of fused-ring (bicyclic) bond motifs is 1. The molecule has 0 unspecified atom stereocenters. The summed E-state index contributed by atoms with van der Waals surface area (Å²) < 4.78 is 39.7. The molecule has 0 saturated carbocycles. The van der Waals surface area contributed by atoms with Gasteiger partial charge < -0.3 is 99.2 Å². The monoisotopic (exact) mass is 772 g/mol. The third-order valence-corrected chi connectivity index (χ3v) is 9.40. The molecule has 4 heterocycles. The number of aliphatic hydroxyl groups excluding tert-OH is 10. The first-order chi connectivity index (χ1) is 25.6. The third-order valence-electron chi connectivity index (χ3n) is 9.40. The van der Waals surface area contributed by atoms with Crippen molar-refractivity contribution in [3.05, 3.63) is 40.6 Å². The SMILES string of the molecule is C[C@@H]1O[C@@H](Oc2c(-c3ccc(O)c(O)c3)oc3cc(O[C@H]4O[C@@H](CO)[C@H](O)[C@H](O)[C@H]4O)cc(O)c3c2=O)[C@H](O[C@H]2O[C@H](CO)[C@H](O)[C@@H](O)[C@@H]2O)[C@@H](O)[C@@H]1O. The number of phenols is 3. The maximum atomic E-state index is 14.2. The highest BCUT2D eigenvalue weighted by Gasteiger charge is 2.51. The van der Waals surface area contributed by atoms with Gasteiger partial charge in [-0.25, -0.2) is 0 Å². The molecule has 3 aliphatic heterocycles. The van der Waals surface area contributed by atoms with Gasteiger partial charge in [-0.3, -0.25) is 4.79 Å². The summed E-state index contributed by atoms with van der Waals surface area (Å²) >= 11 is 0. The van der Waals surface area contributed by atoms with Crippen LogP contribution < -0.4 is 14.9 Å². The Kier molecular flexibility index (Phi) is 11.5. The highest BCUT2D eigenvalue weighted by atomic mass is 16.8. The van der Waals surface area contributed by atoms with Crippen molar-refractivity contribution in [1.29, 1.82) is 0 Å². The van der Waals surface area contributed by atoms with E-state index in [0.29, 0.717) is 0 Å². The van der Waals surface area contributed by atoms with Crippen LogP contribution in [0.5, 0.6) is 28.7 Å². The van der Waals surface area contributed by atoms with E-state index in [2.05, 4.69) is 0 Å². The summed E-state index contributed by atoms with van der Waals surface area (Å²) in [6, 6.07) is 5.19. The number of aliphatic hydroxyl groups is 10. The van der Waals surface area contributed by atoms with Crippen molar-refractivity contribution in [2.45, 2.75) is 99.0 Å². The van der Waals surface area contributed by atoms with Crippen molar-refractivity contribution >= 4 is 11.0 Å². The average molecular weight is 773 g/mol. The van der Waals surface area contributed by atoms with Crippen LogP contribution in [0.15, 0.2) is 39.5 Å². The first-order valence-electron chi connectivity index (χ1n) is 16.5. The van der Waals surface area contributed by atoms with Gasteiger partial charge in [-0.15, -0.1) is 0 Å². The molecule has 0 aliphatic carbocycles. The molecule has 15 atom stereocenters. The lowest BCUT2D eigenvalue weighted by Gasteiger charge is -2.45. The molecule has 0 amide bonds. The van der Waals surface area contributed by atoms with E-state index >= 15 is 0 Å². The number of rotatable bonds is 9. The predicted molar refractivity (Wildman–Crippen MR) is 173 cm³/mol. The summed E-state index contributed by atoms with van der Waals surface area (Å²) in [6.07, 6.45) is -25.8. The summed E-state index contributed by atoms with van der Waals surface area (Å²) in [7, 11) is 0. The first kappa shape index (κ1) is 39.8. The molecule has 13 N–H and O–H groups in total. The molecule has 21 nitrogen and oxygen atoms in total. The Labute approximate surface area is 303 Å². The molecule has 3 aromatic rings. The first-order valence-corrected chi connectivity index (χ1v) is 16.5. The van der Waals surface area contributed by atoms with Gasteiger partial charge in [0.2, 0.25) is 23.8 Å². The lowest BCUT2D eigenvalue weighted by Crippen LogP contribution is -2.64. The smallest absolute Gasteiger partial charge is 0.239 e. The van der Waals surface area contributed by atoms with E-state index < -0.39 is 150 Å². The molecule has 298 valence electrons. The zero-order valence-corrected chi connectivity index (χ0v) is 28.0. The van der Waals surface area contributed by atoms with E-state index in [1.54, 1.807) is 0 Å². The van der Waals surface area contributed by atoms with Crippen molar-refractivity contribution < 1.29 is 99.2 Å². The van der Waals surface area contributed by atoms with Gasteiger partial charge in [-0.05, 0) is 25.1 Å². The van der Waals surface area contributed by atoms with Gasteiger partial charge in [0.05, 0.1) is 19.3 Å². The van der Waals surface area contributed by atoms with Crippen molar-refractivity contribution in [2.75, 3.05) is 13.2 Å². The Morgan fingerprint density at radius 1 is 0.630 bits per heavy atom. The van der Waals surface area contributed by atoms with Crippen LogP contribution >= 0.6 is 0 Å². The van der Waals surface area contributed by atoms with E-state index in [-0.39, 0.29) is 11.3 Å². The van der Waals surface area contributed by atoms with Crippen LogP contribution in [-0.4, -0.2) is 172 Å². The van der Waals surface area contributed by atoms with Gasteiger partial charge in [0, 0.05) is 17.7 Å². The van der Waals surface area contributed by atoms with Crippen molar-refractivity contribution in [2.24, 2.45) is 0 Å². The van der Waals surface area contributed by atoms with Gasteiger partial charge in [-0.2, -0.15) is 0 Å². The van der Waals surface area contributed by atoms with Gasteiger partial charge >= 0.3 is 0 Å². The fourth-order valence-electron chi connectivity index (χ4n) is 6.28. The van der Waals surface area contributed by atoms with E-state index in [1.807, 2.05) is 0 Å². The molecule has 3 fully saturated rings. The molecule has 0 spiro atoms. The lowest BCUT2D eigenvalue weighted by molar-refractivity contribution is -0.355. The lowest BCUT2D eigenvalue weighted by atomic mass is 9.97. The number of aromatic hydroxyl groups is 3. The molecular weight excluding hydrogens is 732 g/mol. The van der Waals surface area contributed by atoms with E-state index in [1.165, 1.54) is 13.0 Å². The number of benzene rings is 2. The Morgan fingerprint density at radius 3 is 1.85 bits per heavy atom. The Balaban J connectivity index is 1.42. The van der Waals surface area contributed by atoms with Crippen LogP contribution in [0.25, 0.3) is 22.3 Å². The molecular formula is C33H40O21. The number of ether oxygens (including phenoxy) is 6. The largest absolute Gasteiger partial charge is 0.507 e. The maximum absolute atomic E-state index is 14.2. The molecule has 0 bridgehead atoms. The quantitative estimate of drug-likeness (QED) is 0.0917. The number of phenolic OH excluding ortho intramolecular Hbond substituents is 3. The van der Waals surface area contributed by atoms with Gasteiger partial charge in [-0.1, -0.05) is 0 Å². The fraction of sp³-hybridized carbons (Fsp3) is 0.545. The molecule has 3 saturated heterocycles. The van der Waals surface area contributed by atoms with Gasteiger partial charge in [0.25, 0.3) is 0 Å². The zero-order valence-electron chi connectivity index (χ0n) is 28.0. The summed E-state index contributed by atoms with van der Waals surface area (Å²) in [5.74, 6) is -3.59. The van der Waals surface area contributed by atoms with E-state index in [0.717, 1.165) is 24.3 Å². The zero-order chi connectivity index (χ0) is 39.3. The minimum Gasteiger partial charge on any atom is -0.507 e. The summed E-state index contributed by atoms with van der Waals surface area (Å²) in [5, 5.41) is 133. The summed E-state index contributed by atoms with van der Waals surface area (Å²) in [5.41, 5.74) is -1.63. The molecule has 21 heteroatoms. The van der Waals surface area contributed by atoms with Crippen LogP contribution in [0, 0.1) is 0 Å². The minimum absolute atomic E-state index is 0.116. The molecule has 2 aromatic carbocycles. The van der Waals surface area contributed by atoms with Gasteiger partial charge in [0.1, 0.15) is 83.5 Å². The summed E-state index contributed by atoms with van der Waals surface area (Å²) in [6.45, 7) is -0.255. The van der Waals surface area contributed by atoms with Crippen LogP contribution in [0.3, 0.4) is 0 Å². The third kappa shape index (κ3) is 7.27.